The van der Waals surface area contributed by atoms with Crippen LogP contribution in [0.15, 0.2) is 30.3 Å². The van der Waals surface area contributed by atoms with Crippen LogP contribution in [-0.2, 0) is 4.79 Å². The summed E-state index contributed by atoms with van der Waals surface area (Å²) in [6, 6.07) is 10.5. The predicted molar refractivity (Wildman–Crippen MR) is 87.0 cm³/mol. The van der Waals surface area contributed by atoms with Crippen molar-refractivity contribution in [3.8, 4) is 0 Å². The molecule has 0 radical (unpaired) electrons. The fourth-order valence-electron chi connectivity index (χ4n) is 3.24. The van der Waals surface area contributed by atoms with Crippen LogP contribution < -0.4 is 10.6 Å². The first-order valence-corrected chi connectivity index (χ1v) is 8.32. The van der Waals surface area contributed by atoms with Crippen LogP contribution in [0.2, 0.25) is 0 Å². The molecule has 0 aromatic heterocycles. The lowest BCUT2D eigenvalue weighted by Gasteiger charge is -2.30. The molecule has 1 aliphatic rings. The summed E-state index contributed by atoms with van der Waals surface area (Å²) in [7, 11) is 0. The molecule has 0 saturated carbocycles. The molecular formula is C18H28N2O. The van der Waals surface area contributed by atoms with Gasteiger partial charge in [-0.1, -0.05) is 57.0 Å². The number of carbonyl (C=O) groups is 1. The van der Waals surface area contributed by atoms with Gasteiger partial charge in [0.2, 0.25) is 5.91 Å². The Morgan fingerprint density at radius 3 is 2.57 bits per heavy atom. The number of hydrogen-bond donors (Lipinski definition) is 2. The minimum absolute atomic E-state index is 0.124. The molecule has 0 spiro atoms. The molecule has 1 heterocycles. The van der Waals surface area contributed by atoms with Gasteiger partial charge in [-0.25, -0.2) is 0 Å². The molecule has 1 aromatic carbocycles. The molecule has 1 amide bonds. The molecule has 2 N–H and O–H groups in total. The van der Waals surface area contributed by atoms with Crippen LogP contribution >= 0.6 is 0 Å². The summed E-state index contributed by atoms with van der Waals surface area (Å²) in [4.78, 5) is 12.6. The van der Waals surface area contributed by atoms with Gasteiger partial charge >= 0.3 is 0 Å². The Kier molecular flexibility index (Phi) is 6.24. The number of piperidine rings is 1. The highest BCUT2D eigenvalue weighted by Crippen LogP contribution is 2.28. The number of hydrogen-bond acceptors (Lipinski definition) is 2. The quantitative estimate of drug-likeness (QED) is 0.843. The molecule has 21 heavy (non-hydrogen) atoms. The van der Waals surface area contributed by atoms with Crippen LogP contribution in [0.3, 0.4) is 0 Å². The van der Waals surface area contributed by atoms with Crippen molar-refractivity contribution >= 4 is 5.91 Å². The molecular weight excluding hydrogens is 260 g/mol. The number of benzene rings is 1. The average Bonchev–Trinajstić information content (AvgIpc) is 2.56. The Morgan fingerprint density at radius 1 is 1.29 bits per heavy atom. The SMILES string of the molecule is CCC(CC)C(NC(=O)[C@@H]1CCCNC1)c1ccccc1. The smallest absolute Gasteiger partial charge is 0.224 e. The lowest BCUT2D eigenvalue weighted by atomic mass is 9.88. The maximum absolute atomic E-state index is 12.6. The highest BCUT2D eigenvalue weighted by atomic mass is 16.2. The van der Waals surface area contributed by atoms with E-state index >= 15 is 0 Å². The van der Waals surface area contributed by atoms with E-state index in [4.69, 9.17) is 0 Å². The number of nitrogens with one attached hydrogen (secondary N) is 2. The molecule has 2 atom stereocenters. The second-order valence-electron chi connectivity index (χ2n) is 6.02. The van der Waals surface area contributed by atoms with Gasteiger partial charge in [0, 0.05) is 6.54 Å². The van der Waals surface area contributed by atoms with Crippen LogP contribution in [0.4, 0.5) is 0 Å². The van der Waals surface area contributed by atoms with E-state index in [1.807, 2.05) is 6.07 Å². The molecule has 1 saturated heterocycles. The van der Waals surface area contributed by atoms with E-state index < -0.39 is 0 Å². The van der Waals surface area contributed by atoms with Gasteiger partial charge in [-0.3, -0.25) is 4.79 Å². The number of amides is 1. The zero-order chi connectivity index (χ0) is 15.1. The fraction of sp³-hybridized carbons (Fsp3) is 0.611. The van der Waals surface area contributed by atoms with Gasteiger partial charge in [-0.05, 0) is 30.9 Å². The van der Waals surface area contributed by atoms with Gasteiger partial charge in [-0.2, -0.15) is 0 Å². The van der Waals surface area contributed by atoms with E-state index in [9.17, 15) is 4.79 Å². The third-order valence-corrected chi connectivity index (χ3v) is 4.64. The molecule has 116 valence electrons. The number of rotatable bonds is 6. The van der Waals surface area contributed by atoms with E-state index in [0.29, 0.717) is 5.92 Å². The summed E-state index contributed by atoms with van der Waals surface area (Å²) in [6.45, 7) is 6.27. The van der Waals surface area contributed by atoms with Crippen molar-refractivity contribution in [2.24, 2.45) is 11.8 Å². The zero-order valence-electron chi connectivity index (χ0n) is 13.3. The highest BCUT2D eigenvalue weighted by Gasteiger charge is 2.27. The molecule has 0 bridgehead atoms. The molecule has 1 aromatic rings. The zero-order valence-corrected chi connectivity index (χ0v) is 13.3. The van der Waals surface area contributed by atoms with Crippen molar-refractivity contribution in [2.45, 2.75) is 45.6 Å². The van der Waals surface area contributed by atoms with E-state index in [2.05, 4.69) is 48.7 Å². The third kappa shape index (κ3) is 4.31. The minimum Gasteiger partial charge on any atom is -0.349 e. The Balaban J connectivity index is 2.10. The van der Waals surface area contributed by atoms with Crippen LogP contribution in [-0.4, -0.2) is 19.0 Å². The van der Waals surface area contributed by atoms with Gasteiger partial charge < -0.3 is 10.6 Å². The summed E-state index contributed by atoms with van der Waals surface area (Å²) < 4.78 is 0. The van der Waals surface area contributed by atoms with E-state index in [1.165, 1.54) is 5.56 Å². The summed E-state index contributed by atoms with van der Waals surface area (Å²) in [5.41, 5.74) is 1.23. The Labute approximate surface area is 128 Å². The largest absolute Gasteiger partial charge is 0.349 e. The van der Waals surface area contributed by atoms with Crippen LogP contribution in [0.5, 0.6) is 0 Å². The monoisotopic (exact) mass is 288 g/mol. The average molecular weight is 288 g/mol. The summed E-state index contributed by atoms with van der Waals surface area (Å²) in [5, 5.41) is 6.65. The highest BCUT2D eigenvalue weighted by molar-refractivity contribution is 5.79. The maximum atomic E-state index is 12.6. The fourth-order valence-corrected chi connectivity index (χ4v) is 3.24. The van der Waals surface area contributed by atoms with Crippen LogP contribution in [0, 0.1) is 11.8 Å². The van der Waals surface area contributed by atoms with Crippen molar-refractivity contribution in [3.05, 3.63) is 35.9 Å². The molecule has 1 aliphatic heterocycles. The van der Waals surface area contributed by atoms with Crippen molar-refractivity contribution < 1.29 is 4.79 Å². The maximum Gasteiger partial charge on any atom is 0.224 e. The molecule has 3 heteroatoms. The van der Waals surface area contributed by atoms with Gasteiger partial charge in [0.15, 0.2) is 0 Å². The van der Waals surface area contributed by atoms with Gasteiger partial charge in [0.1, 0.15) is 0 Å². The normalized spacial score (nSPS) is 20.2. The summed E-state index contributed by atoms with van der Waals surface area (Å²) >= 11 is 0. The third-order valence-electron chi connectivity index (χ3n) is 4.64. The van der Waals surface area contributed by atoms with Gasteiger partial charge in [0.05, 0.1) is 12.0 Å². The Bertz CT molecular complexity index is 422. The lowest BCUT2D eigenvalue weighted by Crippen LogP contribution is -2.43. The van der Waals surface area contributed by atoms with Crippen molar-refractivity contribution in [3.63, 3.8) is 0 Å². The molecule has 2 rings (SSSR count). The van der Waals surface area contributed by atoms with Crippen LogP contribution in [0.1, 0.15) is 51.1 Å². The standard InChI is InChI=1S/C18H28N2O/c1-3-14(4-2)17(15-9-6-5-7-10-15)20-18(21)16-11-8-12-19-13-16/h5-7,9-10,14,16-17,19H,3-4,8,11-13H2,1-2H3,(H,20,21)/t16-,17?/m1/s1. The van der Waals surface area contributed by atoms with Crippen molar-refractivity contribution in [1.29, 1.82) is 0 Å². The van der Waals surface area contributed by atoms with E-state index in [1.54, 1.807) is 0 Å². The lowest BCUT2D eigenvalue weighted by molar-refractivity contribution is -0.126. The second kappa shape index (κ2) is 8.18. The van der Waals surface area contributed by atoms with E-state index in [0.717, 1.165) is 38.8 Å². The Hall–Kier alpha value is -1.35. The molecule has 1 fully saturated rings. The first-order valence-electron chi connectivity index (χ1n) is 8.32. The minimum atomic E-state index is 0.124. The van der Waals surface area contributed by atoms with Gasteiger partial charge in [-0.15, -0.1) is 0 Å². The van der Waals surface area contributed by atoms with E-state index in [-0.39, 0.29) is 17.9 Å². The summed E-state index contributed by atoms with van der Waals surface area (Å²) in [5.74, 6) is 0.829. The molecule has 0 aliphatic carbocycles. The van der Waals surface area contributed by atoms with Gasteiger partial charge in [0.25, 0.3) is 0 Å². The number of carbonyl (C=O) groups excluding carboxylic acids is 1. The van der Waals surface area contributed by atoms with Crippen molar-refractivity contribution in [1.82, 2.24) is 10.6 Å². The molecule has 1 unspecified atom stereocenters. The Morgan fingerprint density at radius 2 is 2.00 bits per heavy atom. The first kappa shape index (κ1) is 16.0. The van der Waals surface area contributed by atoms with Crippen LogP contribution in [0.25, 0.3) is 0 Å². The predicted octanol–water partition coefficient (Wildman–Crippen LogP) is 3.28. The van der Waals surface area contributed by atoms with Crippen molar-refractivity contribution in [2.75, 3.05) is 13.1 Å². The summed E-state index contributed by atoms with van der Waals surface area (Å²) in [6.07, 6.45) is 4.26. The molecule has 3 nitrogen and oxygen atoms in total. The topological polar surface area (TPSA) is 41.1 Å². The second-order valence-corrected chi connectivity index (χ2v) is 6.02. The first-order chi connectivity index (χ1) is 10.3.